The first-order valence-corrected chi connectivity index (χ1v) is 5.39. The minimum Gasteiger partial charge on any atom is -0.393 e. The second-order valence-corrected chi connectivity index (χ2v) is 4.47. The van der Waals surface area contributed by atoms with Crippen molar-refractivity contribution in [2.24, 2.45) is 0 Å². The average Bonchev–Trinajstić information content (AvgIpc) is 2.08. The van der Waals surface area contributed by atoms with E-state index in [1.165, 1.54) is 0 Å². The first-order chi connectivity index (χ1) is 6.50. The number of hydrogen-bond donors (Lipinski definition) is 1. The van der Waals surface area contributed by atoms with E-state index in [-0.39, 0.29) is 6.10 Å². The molecule has 0 spiro atoms. The summed E-state index contributed by atoms with van der Waals surface area (Å²) in [4.78, 5) is 0. The summed E-state index contributed by atoms with van der Waals surface area (Å²) in [7, 11) is 0. The smallest absolute Gasteiger partial charge is 0.0595 e. The first kappa shape index (κ1) is 11.8. The van der Waals surface area contributed by atoms with Gasteiger partial charge in [-0.2, -0.15) is 0 Å². The Morgan fingerprint density at radius 3 is 2.36 bits per heavy atom. The van der Waals surface area contributed by atoms with Crippen molar-refractivity contribution >= 4 is 23.2 Å². The van der Waals surface area contributed by atoms with E-state index < -0.39 is 0 Å². The lowest BCUT2D eigenvalue weighted by Gasteiger charge is -2.14. The van der Waals surface area contributed by atoms with Gasteiger partial charge in [0.25, 0.3) is 0 Å². The maximum Gasteiger partial charge on any atom is 0.0595 e. The Balaban J connectivity index is 2.80. The molecule has 0 aliphatic carbocycles. The number of aliphatic hydroxyl groups excluding tert-OH is 1. The van der Waals surface area contributed by atoms with Gasteiger partial charge in [-0.1, -0.05) is 36.2 Å². The van der Waals surface area contributed by atoms with Crippen LogP contribution in [0, 0.1) is 0 Å². The molecule has 1 N–H and O–H groups in total. The molecule has 0 radical (unpaired) electrons. The monoisotopic (exact) mass is 232 g/mol. The third-order valence-corrected chi connectivity index (χ3v) is 2.95. The van der Waals surface area contributed by atoms with E-state index in [0.717, 1.165) is 12.0 Å². The third kappa shape index (κ3) is 3.16. The predicted molar refractivity (Wildman–Crippen MR) is 61.2 cm³/mol. The molecule has 0 fully saturated rings. The fraction of sp³-hybridized carbons (Fsp3) is 0.455. The van der Waals surface area contributed by atoms with Crippen LogP contribution in [0.5, 0.6) is 0 Å². The number of benzene rings is 1. The average molecular weight is 233 g/mol. The lowest BCUT2D eigenvalue weighted by atomic mass is 9.96. The van der Waals surface area contributed by atoms with Gasteiger partial charge in [0.15, 0.2) is 0 Å². The minimum absolute atomic E-state index is 0.292. The van der Waals surface area contributed by atoms with Crippen LogP contribution in [-0.4, -0.2) is 11.2 Å². The molecule has 2 atom stereocenters. The van der Waals surface area contributed by atoms with Gasteiger partial charge in [-0.15, -0.1) is 0 Å². The van der Waals surface area contributed by atoms with E-state index >= 15 is 0 Å². The molecule has 0 aliphatic heterocycles. The normalized spacial score (nSPS) is 15.2. The Hall–Kier alpha value is -0.240. The van der Waals surface area contributed by atoms with E-state index in [1.54, 1.807) is 13.0 Å². The Kier molecular flexibility index (Phi) is 4.24. The predicted octanol–water partition coefficient (Wildman–Crippen LogP) is 3.87. The van der Waals surface area contributed by atoms with E-state index in [9.17, 15) is 5.11 Å². The molecule has 1 aromatic rings. The van der Waals surface area contributed by atoms with Crippen molar-refractivity contribution in [3.05, 3.63) is 33.8 Å². The molecule has 0 heterocycles. The highest BCUT2D eigenvalue weighted by atomic mass is 35.5. The summed E-state index contributed by atoms with van der Waals surface area (Å²) in [6, 6.07) is 5.59. The molecule has 0 amide bonds. The summed E-state index contributed by atoms with van der Waals surface area (Å²) in [6.45, 7) is 3.85. The maximum absolute atomic E-state index is 9.25. The fourth-order valence-electron chi connectivity index (χ4n) is 1.47. The summed E-state index contributed by atoms with van der Waals surface area (Å²) in [5, 5.41) is 10.4. The van der Waals surface area contributed by atoms with Gasteiger partial charge in [0.2, 0.25) is 0 Å². The van der Waals surface area contributed by atoms with E-state index in [4.69, 9.17) is 23.2 Å². The Bertz CT molecular complexity index is 310. The van der Waals surface area contributed by atoms with Crippen molar-refractivity contribution in [1.29, 1.82) is 0 Å². The summed E-state index contributed by atoms with van der Waals surface area (Å²) < 4.78 is 0. The SMILES string of the molecule is CC(O)CC(C)c1ccc(Cl)c(Cl)c1. The van der Waals surface area contributed by atoms with Crippen molar-refractivity contribution < 1.29 is 5.11 Å². The van der Waals surface area contributed by atoms with Crippen LogP contribution in [-0.2, 0) is 0 Å². The molecule has 78 valence electrons. The number of aliphatic hydroxyl groups is 1. The van der Waals surface area contributed by atoms with E-state index in [1.807, 2.05) is 12.1 Å². The van der Waals surface area contributed by atoms with Crippen molar-refractivity contribution in [1.82, 2.24) is 0 Å². The standard InChI is InChI=1S/C11H14Cl2O/c1-7(5-8(2)14)9-3-4-10(12)11(13)6-9/h3-4,6-8,14H,5H2,1-2H3. The highest BCUT2D eigenvalue weighted by Gasteiger charge is 2.10. The molecule has 0 saturated heterocycles. The third-order valence-electron chi connectivity index (χ3n) is 2.21. The van der Waals surface area contributed by atoms with Crippen LogP contribution in [0.3, 0.4) is 0 Å². The van der Waals surface area contributed by atoms with Gasteiger partial charge in [0.1, 0.15) is 0 Å². The second-order valence-electron chi connectivity index (χ2n) is 3.66. The molecule has 1 nitrogen and oxygen atoms in total. The van der Waals surface area contributed by atoms with Crippen molar-refractivity contribution in [2.75, 3.05) is 0 Å². The number of rotatable bonds is 3. The second kappa shape index (κ2) is 5.01. The zero-order valence-corrected chi connectivity index (χ0v) is 9.81. The van der Waals surface area contributed by atoms with Gasteiger partial charge in [-0.05, 0) is 37.0 Å². The molecule has 2 unspecified atom stereocenters. The van der Waals surface area contributed by atoms with Gasteiger partial charge in [0, 0.05) is 0 Å². The van der Waals surface area contributed by atoms with Gasteiger partial charge in [0.05, 0.1) is 16.1 Å². The molecule has 0 saturated carbocycles. The summed E-state index contributed by atoms with van der Waals surface area (Å²) in [6.07, 6.45) is 0.442. The molecule has 3 heteroatoms. The Morgan fingerprint density at radius 2 is 1.86 bits per heavy atom. The van der Waals surface area contributed by atoms with Crippen LogP contribution in [0.1, 0.15) is 31.7 Å². The van der Waals surface area contributed by atoms with Crippen LogP contribution >= 0.6 is 23.2 Å². The number of halogens is 2. The van der Waals surface area contributed by atoms with Crippen LogP contribution < -0.4 is 0 Å². The molecular weight excluding hydrogens is 219 g/mol. The summed E-state index contributed by atoms with van der Waals surface area (Å²) in [5.41, 5.74) is 1.11. The van der Waals surface area contributed by atoms with E-state index in [0.29, 0.717) is 16.0 Å². The lowest BCUT2D eigenvalue weighted by Crippen LogP contribution is -2.05. The van der Waals surface area contributed by atoms with Gasteiger partial charge >= 0.3 is 0 Å². The maximum atomic E-state index is 9.25. The molecule has 14 heavy (non-hydrogen) atoms. The van der Waals surface area contributed by atoms with Crippen molar-refractivity contribution in [2.45, 2.75) is 32.3 Å². The van der Waals surface area contributed by atoms with Crippen LogP contribution in [0.25, 0.3) is 0 Å². The van der Waals surface area contributed by atoms with Crippen LogP contribution in [0.15, 0.2) is 18.2 Å². The molecular formula is C11H14Cl2O. The first-order valence-electron chi connectivity index (χ1n) is 4.63. The van der Waals surface area contributed by atoms with E-state index in [2.05, 4.69) is 6.92 Å². The molecule has 1 rings (SSSR count). The molecule has 0 aromatic heterocycles. The highest BCUT2D eigenvalue weighted by molar-refractivity contribution is 6.42. The van der Waals surface area contributed by atoms with Crippen molar-refractivity contribution in [3.8, 4) is 0 Å². The Labute approximate surface area is 94.7 Å². The zero-order valence-electron chi connectivity index (χ0n) is 8.30. The lowest BCUT2D eigenvalue weighted by molar-refractivity contribution is 0.176. The Morgan fingerprint density at radius 1 is 1.21 bits per heavy atom. The summed E-state index contributed by atoms with van der Waals surface area (Å²) in [5.74, 6) is 0.296. The minimum atomic E-state index is -0.292. The van der Waals surface area contributed by atoms with Gasteiger partial charge in [-0.25, -0.2) is 0 Å². The molecule has 0 bridgehead atoms. The highest BCUT2D eigenvalue weighted by Crippen LogP contribution is 2.28. The summed E-state index contributed by atoms with van der Waals surface area (Å²) >= 11 is 11.7. The van der Waals surface area contributed by atoms with Gasteiger partial charge in [-0.3, -0.25) is 0 Å². The van der Waals surface area contributed by atoms with Crippen molar-refractivity contribution in [3.63, 3.8) is 0 Å². The van der Waals surface area contributed by atoms with Gasteiger partial charge < -0.3 is 5.11 Å². The quantitative estimate of drug-likeness (QED) is 0.840. The van der Waals surface area contributed by atoms with Crippen LogP contribution in [0.4, 0.5) is 0 Å². The molecule has 0 aliphatic rings. The number of hydrogen-bond acceptors (Lipinski definition) is 1. The van der Waals surface area contributed by atoms with Crippen LogP contribution in [0.2, 0.25) is 10.0 Å². The zero-order chi connectivity index (χ0) is 10.7. The topological polar surface area (TPSA) is 20.2 Å². The largest absolute Gasteiger partial charge is 0.393 e. The molecule has 1 aromatic carbocycles. The fourth-order valence-corrected chi connectivity index (χ4v) is 1.77.